The summed E-state index contributed by atoms with van der Waals surface area (Å²) in [7, 11) is 0. The Balaban J connectivity index is 0.000000275. The fraction of sp³-hybridized carbons (Fsp3) is 0.471. The average Bonchev–Trinajstić information content (AvgIpc) is 0.977. The summed E-state index contributed by atoms with van der Waals surface area (Å²) in [4.78, 5) is 85.4. The Morgan fingerprint density at radius 1 is 0.740 bits per heavy atom. The number of aromatic nitrogens is 3. The third-order valence-electron chi connectivity index (χ3n) is 8.84. The number of nitrogens with zero attached hydrogens (tertiary/aromatic N) is 4. The van der Waals surface area contributed by atoms with Crippen molar-refractivity contribution < 1.29 is 86.5 Å². The van der Waals surface area contributed by atoms with Gasteiger partial charge in [0.15, 0.2) is 5.56 Å². The van der Waals surface area contributed by atoms with Gasteiger partial charge in [-0.25, -0.2) is 19.2 Å². The number of hydrogen-bond acceptors (Lipinski definition) is 18. The lowest BCUT2D eigenvalue weighted by molar-refractivity contribution is 0.0513. The molecule has 7 aromatic heterocycles. The third kappa shape index (κ3) is 14.0. The quantitative estimate of drug-likeness (QED) is 0.0743. The molecule has 1 saturated heterocycles. The fourth-order valence-electron chi connectivity index (χ4n) is 5.87. The van der Waals surface area contributed by atoms with Gasteiger partial charge in [0.25, 0.3) is 17.0 Å². The van der Waals surface area contributed by atoms with E-state index < -0.39 is 200 Å². The van der Waals surface area contributed by atoms with Crippen molar-refractivity contribution in [2.24, 2.45) is 0 Å². The van der Waals surface area contributed by atoms with E-state index in [4.69, 9.17) is 57.5 Å². The molecule has 0 radical (unpaired) electrons. The largest absolute Gasteiger partial charge is 0.506 e. The molecule has 0 aromatic carbocycles. The van der Waals surface area contributed by atoms with Crippen LogP contribution in [0, 0.1) is 0 Å². The topological polar surface area (TPSA) is 234 Å². The first-order valence-electron chi connectivity index (χ1n) is 38.1. The Morgan fingerprint density at radius 3 is 1.81 bits per heavy atom. The summed E-state index contributed by atoms with van der Waals surface area (Å²) in [5.41, 5.74) is -5.98. The van der Waals surface area contributed by atoms with Crippen LogP contribution in [0.3, 0.4) is 0 Å². The molecule has 0 aliphatic carbocycles. The maximum atomic E-state index is 13.4. The maximum Gasteiger partial charge on any atom is 0.423 e. The molecule has 5 atom stereocenters. The number of esters is 2. The van der Waals surface area contributed by atoms with Crippen LogP contribution in [-0.2, 0) is 9.47 Å². The van der Waals surface area contributed by atoms with Gasteiger partial charge in [0.1, 0.15) is 36.6 Å². The number of carbonyl (C=O) groups excluding carboxylic acids is 3. The van der Waals surface area contributed by atoms with E-state index in [1.54, 1.807) is 6.92 Å². The first kappa shape index (κ1) is 25.9. The number of piperidine rings is 1. The molecule has 7 aromatic rings. The molecule has 396 valence electrons. The lowest BCUT2D eigenvalue weighted by Crippen LogP contribution is -2.36. The van der Waals surface area contributed by atoms with Crippen LogP contribution in [0.15, 0.2) is 69.2 Å². The van der Waals surface area contributed by atoms with Crippen molar-refractivity contribution in [3.63, 3.8) is 0 Å². The molecule has 5 unspecified atom stereocenters. The monoisotopic (exact) mass is 1120 g/mol. The molecule has 18 nitrogen and oxygen atoms in total. The molecular formula is C51H66N6O12S4. The number of carbonyl (C=O) groups is 3. The Hall–Kier alpha value is -6.07. The molecule has 0 spiro atoms. The highest BCUT2D eigenvalue weighted by Gasteiger charge is 2.26. The number of ether oxygens (including phenoxy) is 2. The number of nitrogens with one attached hydrogen (secondary N) is 2. The molecule has 0 saturated carbocycles. The van der Waals surface area contributed by atoms with Crippen molar-refractivity contribution in [2.45, 2.75) is 119 Å². The van der Waals surface area contributed by atoms with Crippen molar-refractivity contribution in [2.75, 3.05) is 44.6 Å². The number of likely N-dealkylation sites (tertiary alicyclic amines) is 1. The zero-order valence-electron chi connectivity index (χ0n) is 73.8. The summed E-state index contributed by atoms with van der Waals surface area (Å²) < 4.78 is 287. The molecule has 1 aliphatic rings. The van der Waals surface area contributed by atoms with Crippen LogP contribution in [0.1, 0.15) is 192 Å². The number of hydrogen-bond donors (Lipinski definition) is 4. The summed E-state index contributed by atoms with van der Waals surface area (Å²) in [6.07, 6.45) is -11.8. The maximum absolute atomic E-state index is 13.4. The Morgan fingerprint density at radius 2 is 1.25 bits per heavy atom. The lowest BCUT2D eigenvalue weighted by Gasteiger charge is -2.26. The van der Waals surface area contributed by atoms with Gasteiger partial charge in [-0.3, -0.25) is 28.1 Å². The number of anilines is 1. The van der Waals surface area contributed by atoms with Crippen molar-refractivity contribution in [3.8, 4) is 11.5 Å². The second kappa shape index (κ2) is 26.8. The zero-order valence-corrected chi connectivity index (χ0v) is 42.1. The Bertz CT molecular complexity index is 4870. The lowest BCUT2D eigenvalue weighted by atomic mass is 10.1. The van der Waals surface area contributed by atoms with Crippen molar-refractivity contribution in [3.05, 3.63) is 104 Å². The standard InChI is InChI=1S/C19H27N3O3S.C13H15NO4S.C10H15NO2S.C9H9NO3S/c1-13(2)22-18(25)15(16(23)14-7-12-26-19(14)22)17(24)20-8-6-11-21-9-4-3-5-10-21;1-4-18-13(17)9-10(15)8-5-6-19-12(8)14(7(2)3)11(9)16;1-4-13-10(12)8-5-6-14-9(8)11-7(2)3;1-5(2)10-7-6(3-4-14-7)8(11)13-9(10)12/h7,12-13,23H,3-6,8-11H2,1-2H3,(H,20,24);5-7,15H,4H2,1-3H3;5-7,11H,4H2,1-3H3;3-5H,1-2H3/i1D3,3D2,4D2,5D2,7D,9D2,10D2,11D,12D,13D;2*2D3,5D,6D,7D;1D3,3D,4D,5D. The molecule has 0 bridgehead atoms. The second-order valence-corrected chi connectivity index (χ2v) is 17.1. The highest BCUT2D eigenvalue weighted by molar-refractivity contribution is 7.17. The number of rotatable bonds is 14. The molecule has 73 heavy (non-hydrogen) atoms. The summed E-state index contributed by atoms with van der Waals surface area (Å²) in [5.74, 6) is -6.65. The Kier molecular flexibility index (Phi) is 9.50. The van der Waals surface area contributed by atoms with Crippen LogP contribution in [0.4, 0.5) is 5.00 Å². The van der Waals surface area contributed by atoms with Crippen LogP contribution < -0.4 is 33.1 Å². The fourth-order valence-corrected chi connectivity index (χ4v) is 8.97. The number of thiophene rings is 4. The predicted octanol–water partition coefficient (Wildman–Crippen LogP) is 9.82. The van der Waals surface area contributed by atoms with Gasteiger partial charge in [0, 0.05) is 62.1 Å². The number of aromatic hydroxyl groups is 2. The smallest absolute Gasteiger partial charge is 0.423 e. The van der Waals surface area contributed by atoms with Gasteiger partial charge >= 0.3 is 23.3 Å². The summed E-state index contributed by atoms with van der Waals surface area (Å²) in [5, 5.41) is 23.0. The van der Waals surface area contributed by atoms with Crippen LogP contribution in [0.2, 0.25) is 0 Å². The normalized spacial score (nSPS) is 27.4. The van der Waals surface area contributed by atoms with Crippen LogP contribution in [0.5, 0.6) is 11.5 Å². The number of pyridine rings is 2. The molecule has 1 aliphatic heterocycles. The van der Waals surface area contributed by atoms with Crippen LogP contribution >= 0.6 is 45.3 Å². The first-order chi connectivity index (χ1) is 48.4. The van der Waals surface area contributed by atoms with Gasteiger partial charge in [-0.1, -0.05) is 6.37 Å². The summed E-state index contributed by atoms with van der Waals surface area (Å²) >= 11 is 2.32. The molecule has 8 rings (SSSR count). The minimum Gasteiger partial charge on any atom is -0.506 e. The van der Waals surface area contributed by atoms with Crippen LogP contribution in [0.25, 0.3) is 30.6 Å². The van der Waals surface area contributed by atoms with Gasteiger partial charge in [-0.15, -0.1) is 45.3 Å². The highest BCUT2D eigenvalue weighted by atomic mass is 32.1. The van der Waals surface area contributed by atoms with Gasteiger partial charge in [-0.05, 0) is 153 Å². The first-order valence-corrected chi connectivity index (χ1v) is 23.8. The zero-order chi connectivity index (χ0) is 84.2. The van der Waals surface area contributed by atoms with Gasteiger partial charge in [0.2, 0.25) is 0 Å². The molecule has 4 N–H and O–H groups in total. The molecule has 1 amide bonds. The van der Waals surface area contributed by atoms with E-state index in [1.807, 2.05) is 0 Å². The predicted molar refractivity (Wildman–Crippen MR) is 294 cm³/mol. The van der Waals surface area contributed by atoms with E-state index in [0.29, 0.717) is 47.7 Å². The van der Waals surface area contributed by atoms with E-state index >= 15 is 0 Å². The van der Waals surface area contributed by atoms with E-state index in [2.05, 4.69) is 15.1 Å². The van der Waals surface area contributed by atoms with Gasteiger partial charge < -0.3 is 39.6 Å². The number of fused-ring (bicyclic) bond motifs is 3. The van der Waals surface area contributed by atoms with E-state index in [1.165, 1.54) is 6.92 Å². The Labute approximate surface area is 487 Å². The van der Waals surface area contributed by atoms with Gasteiger partial charge in [0.05, 0.1) is 51.4 Å². The van der Waals surface area contributed by atoms with Crippen molar-refractivity contribution in [1.82, 2.24) is 23.9 Å². The molecule has 8 heterocycles. The minimum atomic E-state index is -3.69. The second-order valence-electron chi connectivity index (χ2n) is 13.9. The summed E-state index contributed by atoms with van der Waals surface area (Å²) in [6, 6.07) is -11.6. The van der Waals surface area contributed by atoms with Crippen LogP contribution in [-0.4, -0.2) is 92.0 Å². The molecular weight excluding hydrogens is 1020 g/mol. The highest BCUT2D eigenvalue weighted by Crippen LogP contribution is 2.33. The third-order valence-corrected chi connectivity index (χ3v) is 11.9. The van der Waals surface area contributed by atoms with E-state index in [0.717, 1.165) is 39.0 Å². The molecule has 1 fully saturated rings. The number of amides is 1. The molecule has 22 heteroatoms. The summed E-state index contributed by atoms with van der Waals surface area (Å²) in [6.45, 7) is -14.6. The van der Waals surface area contributed by atoms with Gasteiger partial charge in [-0.2, -0.15) is 0 Å². The van der Waals surface area contributed by atoms with E-state index in [-0.39, 0.29) is 71.2 Å². The average molecular weight is 1120 g/mol. The van der Waals surface area contributed by atoms with Crippen molar-refractivity contribution >= 4 is 98.8 Å². The van der Waals surface area contributed by atoms with Crippen molar-refractivity contribution in [1.29, 1.82) is 0 Å². The van der Waals surface area contributed by atoms with E-state index in [9.17, 15) is 43.8 Å². The minimum absolute atomic E-state index is 0.00734. The SMILES string of the molecule is [2H]c1sc(NC([2H])(C)C([2H])([2H])[2H])c(C(=O)OCC)c1[2H].[2H]c1sc2c(c1[2H])c(=O)oc(=O)n2C([2H])(C)C([2H])([2H])[2H].[2H]c1sc2c(c1[2H])c(O)c(C(=O)NCCC([2H])N1C([2H])([2H])C([2H])([2H])C([2H])([2H])C([2H])([2H])C1([2H])[2H])c(=O)n2C([2H])(C)C([2H])([2H])[2H].[2H]c1sc2c(c1[2H])c(O)c(C(=O)OCC)c(=O)n2C([2H])(C)C([2H])([2H])[2H].